The number of nitro groups is 1. The molecule has 0 unspecified atom stereocenters. The van der Waals surface area contributed by atoms with E-state index in [0.29, 0.717) is 33.8 Å². The highest BCUT2D eigenvalue weighted by Gasteiger charge is 2.16. The Bertz CT molecular complexity index is 1290. The second kappa shape index (κ2) is 7.44. The van der Waals surface area contributed by atoms with Gasteiger partial charge in [0.05, 0.1) is 9.46 Å². The SMILES string of the molecule is CC(=O)c1cccc(N2CN=c3s/c(=C\c4ccc([N+](=O)[O-])cc4)c(=O)n3C2)c1. The molecule has 0 aliphatic carbocycles. The van der Waals surface area contributed by atoms with Gasteiger partial charge in [0.2, 0.25) is 0 Å². The maximum atomic E-state index is 12.8. The Kier molecular flexibility index (Phi) is 4.81. The summed E-state index contributed by atoms with van der Waals surface area (Å²) in [5, 5.41) is 10.8. The molecular formula is C20H16N4O4S. The highest BCUT2D eigenvalue weighted by molar-refractivity contribution is 7.07. The molecule has 1 aromatic heterocycles. The Morgan fingerprint density at radius 2 is 2.00 bits per heavy atom. The first-order valence-corrected chi connectivity index (χ1v) is 9.60. The molecule has 3 aromatic rings. The van der Waals surface area contributed by atoms with E-state index in [4.69, 9.17) is 0 Å². The highest BCUT2D eigenvalue weighted by Crippen LogP contribution is 2.18. The fourth-order valence-electron chi connectivity index (χ4n) is 3.04. The van der Waals surface area contributed by atoms with Crippen LogP contribution in [0.1, 0.15) is 22.8 Å². The van der Waals surface area contributed by atoms with E-state index in [0.717, 1.165) is 5.69 Å². The van der Waals surface area contributed by atoms with Gasteiger partial charge in [0.1, 0.15) is 13.3 Å². The van der Waals surface area contributed by atoms with Crippen LogP contribution < -0.4 is 19.8 Å². The summed E-state index contributed by atoms with van der Waals surface area (Å²) < 4.78 is 2.10. The van der Waals surface area contributed by atoms with Crippen LogP contribution in [0.5, 0.6) is 0 Å². The van der Waals surface area contributed by atoms with Crippen molar-refractivity contribution in [2.45, 2.75) is 13.6 Å². The zero-order valence-corrected chi connectivity index (χ0v) is 16.3. The Morgan fingerprint density at radius 3 is 2.69 bits per heavy atom. The van der Waals surface area contributed by atoms with Gasteiger partial charge in [-0.1, -0.05) is 23.5 Å². The van der Waals surface area contributed by atoms with E-state index in [9.17, 15) is 19.7 Å². The molecule has 0 saturated carbocycles. The van der Waals surface area contributed by atoms with Gasteiger partial charge in [-0.05, 0) is 42.8 Å². The maximum Gasteiger partial charge on any atom is 0.271 e. The minimum Gasteiger partial charge on any atom is -0.334 e. The number of nitrogens with zero attached hydrogens (tertiary/aromatic N) is 4. The number of rotatable bonds is 4. The molecule has 0 atom stereocenters. The van der Waals surface area contributed by atoms with Crippen molar-refractivity contribution in [2.24, 2.45) is 4.99 Å². The second-order valence-electron chi connectivity index (χ2n) is 6.56. The molecular weight excluding hydrogens is 392 g/mol. The van der Waals surface area contributed by atoms with Crippen LogP contribution in [0, 0.1) is 10.1 Å². The molecule has 146 valence electrons. The number of benzene rings is 2. The number of ketones is 1. The second-order valence-corrected chi connectivity index (χ2v) is 7.57. The monoisotopic (exact) mass is 408 g/mol. The summed E-state index contributed by atoms with van der Waals surface area (Å²) in [6.07, 6.45) is 1.71. The molecule has 2 aromatic carbocycles. The third-order valence-electron chi connectivity index (χ3n) is 4.60. The van der Waals surface area contributed by atoms with E-state index in [1.165, 1.54) is 30.4 Å². The summed E-state index contributed by atoms with van der Waals surface area (Å²) in [7, 11) is 0. The number of nitro benzene ring substituents is 1. The Balaban J connectivity index is 1.66. The number of non-ortho nitro benzene ring substituents is 1. The van der Waals surface area contributed by atoms with Gasteiger partial charge in [0.25, 0.3) is 11.2 Å². The lowest BCUT2D eigenvalue weighted by atomic mass is 10.1. The van der Waals surface area contributed by atoms with E-state index < -0.39 is 4.92 Å². The molecule has 0 fully saturated rings. The van der Waals surface area contributed by atoms with Gasteiger partial charge in [-0.3, -0.25) is 24.3 Å². The van der Waals surface area contributed by atoms with E-state index >= 15 is 0 Å². The van der Waals surface area contributed by atoms with Crippen molar-refractivity contribution in [1.29, 1.82) is 0 Å². The largest absolute Gasteiger partial charge is 0.334 e. The van der Waals surface area contributed by atoms with Crippen LogP contribution in [0.25, 0.3) is 6.08 Å². The third-order valence-corrected chi connectivity index (χ3v) is 5.64. The lowest BCUT2D eigenvalue weighted by Gasteiger charge is -2.25. The topological polar surface area (TPSA) is 97.8 Å². The normalized spacial score (nSPS) is 13.7. The van der Waals surface area contributed by atoms with Crippen molar-refractivity contribution in [1.82, 2.24) is 4.57 Å². The molecule has 0 N–H and O–H groups in total. The molecule has 2 heterocycles. The molecule has 29 heavy (non-hydrogen) atoms. The average Bonchev–Trinajstić information content (AvgIpc) is 3.03. The molecule has 1 aliphatic heterocycles. The molecule has 9 heteroatoms. The summed E-state index contributed by atoms with van der Waals surface area (Å²) in [4.78, 5) is 41.8. The number of thiazole rings is 1. The van der Waals surface area contributed by atoms with Crippen molar-refractivity contribution in [3.63, 3.8) is 0 Å². The minimum atomic E-state index is -0.461. The molecule has 8 nitrogen and oxygen atoms in total. The summed E-state index contributed by atoms with van der Waals surface area (Å²) in [5.74, 6) is -0.0193. The van der Waals surface area contributed by atoms with Gasteiger partial charge in [-0.25, -0.2) is 4.99 Å². The predicted octanol–water partition coefficient (Wildman–Crippen LogP) is 1.90. The number of carbonyl (C=O) groups is 1. The zero-order chi connectivity index (χ0) is 20.5. The average molecular weight is 408 g/mol. The van der Waals surface area contributed by atoms with E-state index in [2.05, 4.69) is 4.99 Å². The Labute approximate surface area is 168 Å². The molecule has 4 rings (SSSR count). The van der Waals surface area contributed by atoms with Gasteiger partial charge in [0.15, 0.2) is 10.6 Å². The number of hydrogen-bond donors (Lipinski definition) is 0. The van der Waals surface area contributed by atoms with Gasteiger partial charge >= 0.3 is 0 Å². The predicted molar refractivity (Wildman–Crippen MR) is 110 cm³/mol. The van der Waals surface area contributed by atoms with Crippen molar-refractivity contribution >= 4 is 34.6 Å². The van der Waals surface area contributed by atoms with Crippen molar-refractivity contribution in [2.75, 3.05) is 11.6 Å². The third kappa shape index (κ3) is 3.72. The van der Waals surface area contributed by atoms with Crippen molar-refractivity contribution < 1.29 is 9.72 Å². The summed E-state index contributed by atoms with van der Waals surface area (Å²) >= 11 is 1.29. The lowest BCUT2D eigenvalue weighted by molar-refractivity contribution is -0.384. The van der Waals surface area contributed by atoms with Crippen LogP contribution in [0.4, 0.5) is 11.4 Å². The van der Waals surface area contributed by atoms with Crippen molar-refractivity contribution in [3.05, 3.63) is 89.5 Å². The molecule has 1 aliphatic rings. The van der Waals surface area contributed by atoms with E-state index in [-0.39, 0.29) is 17.0 Å². The molecule has 0 saturated heterocycles. The fourth-order valence-corrected chi connectivity index (χ4v) is 4.00. The first kappa shape index (κ1) is 18.8. The number of carbonyl (C=O) groups excluding carboxylic acids is 1. The van der Waals surface area contributed by atoms with Crippen LogP contribution in [0.15, 0.2) is 58.3 Å². The zero-order valence-electron chi connectivity index (χ0n) is 15.4. The van der Waals surface area contributed by atoms with Crippen molar-refractivity contribution in [3.8, 4) is 0 Å². The number of anilines is 1. The standard InChI is InChI=1S/C20H16N4O4S/c1-13(25)15-3-2-4-17(10-15)22-11-21-20-23(12-22)19(26)18(29-20)9-14-5-7-16(8-6-14)24(27)28/h2-10H,11-12H2,1H3/b18-9-. The Morgan fingerprint density at radius 1 is 1.24 bits per heavy atom. The fraction of sp³-hybridized carbons (Fsp3) is 0.150. The first-order valence-electron chi connectivity index (χ1n) is 8.78. The van der Waals surface area contributed by atoms with E-state index in [1.54, 1.807) is 34.9 Å². The molecule has 0 spiro atoms. The minimum absolute atomic E-state index is 0.00257. The van der Waals surface area contributed by atoms with Crippen LogP contribution in [-0.2, 0) is 6.67 Å². The molecule has 0 radical (unpaired) electrons. The number of fused-ring (bicyclic) bond motifs is 1. The summed E-state index contributed by atoms with van der Waals surface area (Å²) in [6, 6.07) is 13.3. The summed E-state index contributed by atoms with van der Waals surface area (Å²) in [5.41, 5.74) is 1.98. The van der Waals surface area contributed by atoms with Crippen LogP contribution >= 0.6 is 11.3 Å². The number of aromatic nitrogens is 1. The van der Waals surface area contributed by atoms with E-state index in [1.807, 2.05) is 17.0 Å². The lowest BCUT2D eigenvalue weighted by Crippen LogP contribution is -2.42. The molecule has 0 amide bonds. The number of hydrogen-bond acceptors (Lipinski definition) is 7. The van der Waals surface area contributed by atoms with Crippen LogP contribution in [-0.4, -0.2) is 21.9 Å². The quantitative estimate of drug-likeness (QED) is 0.373. The highest BCUT2D eigenvalue weighted by atomic mass is 32.1. The van der Waals surface area contributed by atoms with Gasteiger partial charge in [0, 0.05) is 23.4 Å². The molecule has 0 bridgehead atoms. The van der Waals surface area contributed by atoms with Crippen LogP contribution in [0.2, 0.25) is 0 Å². The van der Waals surface area contributed by atoms with Gasteiger partial charge in [-0.15, -0.1) is 0 Å². The Hall–Kier alpha value is -3.59. The van der Waals surface area contributed by atoms with Crippen LogP contribution in [0.3, 0.4) is 0 Å². The maximum absolute atomic E-state index is 12.8. The summed E-state index contributed by atoms with van der Waals surface area (Å²) in [6.45, 7) is 2.24. The van der Waals surface area contributed by atoms with Gasteiger partial charge in [-0.2, -0.15) is 0 Å². The van der Waals surface area contributed by atoms with Gasteiger partial charge < -0.3 is 4.90 Å². The smallest absolute Gasteiger partial charge is 0.271 e. The first-order chi connectivity index (χ1) is 13.9. The number of Topliss-reactive ketones (excluding diaryl/α,β-unsaturated/α-hetero) is 1.